The van der Waals surface area contributed by atoms with Gasteiger partial charge < -0.3 is 14.0 Å². The molecule has 0 fully saturated rings. The number of alkyl halides is 3. The molecule has 0 bridgehead atoms. The summed E-state index contributed by atoms with van der Waals surface area (Å²) in [6.45, 7) is 4.60. The largest absolute Gasteiger partial charge is 0.493 e. The fourth-order valence-corrected chi connectivity index (χ4v) is 3.48. The molecule has 0 spiro atoms. The van der Waals surface area contributed by atoms with Crippen molar-refractivity contribution < 1.29 is 27.4 Å². The highest BCUT2D eigenvalue weighted by molar-refractivity contribution is 6.31. The number of hydrogen-bond donors (Lipinski definition) is 0. The van der Waals surface area contributed by atoms with Crippen molar-refractivity contribution in [3.8, 4) is 17.1 Å². The van der Waals surface area contributed by atoms with E-state index in [1.54, 1.807) is 29.7 Å². The third kappa shape index (κ3) is 5.31. The Bertz CT molecular complexity index is 1080. The van der Waals surface area contributed by atoms with Crippen molar-refractivity contribution in [2.45, 2.75) is 39.4 Å². The quantitative estimate of drug-likeness (QED) is 0.385. The lowest BCUT2D eigenvalue weighted by Crippen LogP contribution is -2.08. The summed E-state index contributed by atoms with van der Waals surface area (Å²) in [6.07, 6.45) is -3.86. The molecule has 0 saturated heterocycles. The molecule has 1 heterocycles. The van der Waals surface area contributed by atoms with Gasteiger partial charge in [-0.05, 0) is 56.7 Å². The Kier molecular flexibility index (Phi) is 7.10. The Hall–Kier alpha value is -2.74. The third-order valence-electron chi connectivity index (χ3n) is 4.63. The predicted molar refractivity (Wildman–Crippen MR) is 112 cm³/mol. The first-order valence-corrected chi connectivity index (χ1v) is 10.3. The maximum Gasteiger partial charge on any atom is 0.416 e. The lowest BCUT2D eigenvalue weighted by Gasteiger charge is -2.13. The maximum absolute atomic E-state index is 13.2. The topological polar surface area (TPSA) is 53.4 Å². The van der Waals surface area contributed by atoms with Crippen LogP contribution < -0.4 is 4.74 Å². The molecule has 3 rings (SSSR count). The Balaban J connectivity index is 2.10. The zero-order valence-corrected chi connectivity index (χ0v) is 17.9. The van der Waals surface area contributed by atoms with Crippen LogP contribution in [0.1, 0.15) is 32.3 Å². The Labute approximate surface area is 182 Å². The fourth-order valence-electron chi connectivity index (χ4n) is 3.31. The number of hydrogen-bond acceptors (Lipinski definition) is 4. The van der Waals surface area contributed by atoms with Gasteiger partial charge in [0.15, 0.2) is 0 Å². The summed E-state index contributed by atoms with van der Waals surface area (Å²) in [4.78, 5) is 16.2. The highest BCUT2D eigenvalue weighted by atomic mass is 35.5. The van der Waals surface area contributed by atoms with Gasteiger partial charge in [-0.3, -0.25) is 4.79 Å². The van der Waals surface area contributed by atoms with Crippen LogP contribution in [-0.4, -0.2) is 28.7 Å². The molecule has 0 unspecified atom stereocenters. The van der Waals surface area contributed by atoms with Crippen LogP contribution in [0.3, 0.4) is 0 Å². The molecule has 5 nitrogen and oxygen atoms in total. The van der Waals surface area contributed by atoms with Gasteiger partial charge in [0.2, 0.25) is 0 Å². The molecular weight excluding hydrogens is 433 g/mol. The Morgan fingerprint density at radius 2 is 1.90 bits per heavy atom. The molecular formula is C22H22ClF3N2O3. The van der Waals surface area contributed by atoms with Gasteiger partial charge in [0.25, 0.3) is 0 Å². The number of ether oxygens (including phenoxy) is 2. The number of aryl methyl sites for hydroxylation is 1. The number of carbonyl (C=O) groups is 1. The van der Waals surface area contributed by atoms with Crippen LogP contribution in [0, 0.1) is 0 Å². The minimum absolute atomic E-state index is 0.182. The Morgan fingerprint density at radius 1 is 1.13 bits per heavy atom. The first kappa shape index (κ1) is 22.9. The molecule has 9 heteroatoms. The van der Waals surface area contributed by atoms with Gasteiger partial charge in [-0.25, -0.2) is 4.98 Å². The molecule has 0 aliphatic rings. The van der Waals surface area contributed by atoms with Crippen molar-refractivity contribution in [1.82, 2.24) is 9.55 Å². The van der Waals surface area contributed by atoms with E-state index >= 15 is 0 Å². The molecule has 0 saturated carbocycles. The van der Waals surface area contributed by atoms with Crippen LogP contribution in [0.25, 0.3) is 22.4 Å². The van der Waals surface area contributed by atoms with Crippen molar-refractivity contribution in [1.29, 1.82) is 0 Å². The zero-order valence-electron chi connectivity index (χ0n) is 17.1. The minimum Gasteiger partial charge on any atom is -0.493 e. The molecule has 0 radical (unpaired) electrons. The molecule has 3 aromatic rings. The van der Waals surface area contributed by atoms with E-state index < -0.39 is 11.7 Å². The molecule has 0 aliphatic carbocycles. The maximum atomic E-state index is 13.2. The monoisotopic (exact) mass is 454 g/mol. The average Bonchev–Trinajstić information content (AvgIpc) is 3.07. The van der Waals surface area contributed by atoms with Crippen LogP contribution >= 0.6 is 11.6 Å². The lowest BCUT2D eigenvalue weighted by molar-refractivity contribution is -0.143. The summed E-state index contributed by atoms with van der Waals surface area (Å²) in [7, 11) is 0. The molecule has 0 amide bonds. The van der Waals surface area contributed by atoms with Crippen molar-refractivity contribution in [3.05, 3.63) is 47.0 Å². The van der Waals surface area contributed by atoms with E-state index in [1.165, 1.54) is 6.07 Å². The van der Waals surface area contributed by atoms with Gasteiger partial charge in [0.1, 0.15) is 11.6 Å². The lowest BCUT2D eigenvalue weighted by atomic mass is 10.1. The standard InChI is InChI=1S/C22H22ClF3N2O3/c1-3-30-19-10-8-15(23)13-16(19)21-27-17-12-14(22(24,25)26)7-9-18(17)28(21)11-5-6-20(29)31-4-2/h7-10,12-13H,3-6,11H2,1-2H3. The summed E-state index contributed by atoms with van der Waals surface area (Å²) in [5.74, 6) is 0.611. The number of rotatable bonds is 8. The molecule has 0 N–H and O–H groups in total. The number of imidazole rings is 1. The van der Waals surface area contributed by atoms with E-state index in [0.717, 1.165) is 12.1 Å². The van der Waals surface area contributed by atoms with Crippen molar-refractivity contribution in [2.24, 2.45) is 0 Å². The molecule has 166 valence electrons. The van der Waals surface area contributed by atoms with Crippen LogP contribution in [0.2, 0.25) is 5.02 Å². The summed E-state index contributed by atoms with van der Waals surface area (Å²) in [5, 5.41) is 0.444. The average molecular weight is 455 g/mol. The van der Waals surface area contributed by atoms with E-state index in [4.69, 9.17) is 21.1 Å². The summed E-state index contributed by atoms with van der Waals surface area (Å²) >= 11 is 6.18. The van der Waals surface area contributed by atoms with Crippen molar-refractivity contribution in [2.75, 3.05) is 13.2 Å². The third-order valence-corrected chi connectivity index (χ3v) is 4.86. The predicted octanol–water partition coefficient (Wildman–Crippen LogP) is 6.12. The van der Waals surface area contributed by atoms with Crippen molar-refractivity contribution in [3.63, 3.8) is 0 Å². The fraction of sp³-hybridized carbons (Fsp3) is 0.364. The van der Waals surface area contributed by atoms with Gasteiger partial charge in [-0.2, -0.15) is 13.2 Å². The Morgan fingerprint density at radius 3 is 2.58 bits per heavy atom. The second-order valence-corrected chi connectivity index (χ2v) is 7.21. The number of esters is 1. The van der Waals surface area contributed by atoms with Crippen LogP contribution in [0.15, 0.2) is 36.4 Å². The summed E-state index contributed by atoms with van der Waals surface area (Å²) in [5.41, 5.74) is 0.506. The number of fused-ring (bicyclic) bond motifs is 1. The van der Waals surface area contributed by atoms with Crippen LogP contribution in [0.4, 0.5) is 13.2 Å². The molecule has 0 atom stereocenters. The van der Waals surface area contributed by atoms with Gasteiger partial charge in [0.05, 0.1) is 35.4 Å². The number of nitrogens with zero attached hydrogens (tertiary/aromatic N) is 2. The highest BCUT2D eigenvalue weighted by Gasteiger charge is 2.31. The van der Waals surface area contributed by atoms with Gasteiger partial charge >= 0.3 is 12.1 Å². The first-order chi connectivity index (χ1) is 14.7. The summed E-state index contributed by atoms with van der Waals surface area (Å²) in [6, 6.07) is 8.48. The normalized spacial score (nSPS) is 11.7. The first-order valence-electron chi connectivity index (χ1n) is 9.90. The molecule has 31 heavy (non-hydrogen) atoms. The molecule has 0 aliphatic heterocycles. The summed E-state index contributed by atoms with van der Waals surface area (Å²) < 4.78 is 52.0. The number of halogens is 4. The second-order valence-electron chi connectivity index (χ2n) is 6.77. The smallest absolute Gasteiger partial charge is 0.416 e. The van der Waals surface area contributed by atoms with Crippen LogP contribution in [-0.2, 0) is 22.3 Å². The van der Waals surface area contributed by atoms with Crippen molar-refractivity contribution >= 4 is 28.6 Å². The highest BCUT2D eigenvalue weighted by Crippen LogP contribution is 2.36. The minimum atomic E-state index is -4.48. The molecule has 2 aromatic carbocycles. The number of benzene rings is 2. The number of carbonyl (C=O) groups excluding carboxylic acids is 1. The zero-order chi connectivity index (χ0) is 22.6. The number of aromatic nitrogens is 2. The van der Waals surface area contributed by atoms with E-state index in [-0.39, 0.29) is 17.9 Å². The van der Waals surface area contributed by atoms with E-state index in [0.29, 0.717) is 53.9 Å². The van der Waals surface area contributed by atoms with E-state index in [9.17, 15) is 18.0 Å². The van der Waals surface area contributed by atoms with E-state index in [2.05, 4.69) is 4.98 Å². The second kappa shape index (κ2) is 9.60. The van der Waals surface area contributed by atoms with Gasteiger partial charge in [-0.1, -0.05) is 11.6 Å². The van der Waals surface area contributed by atoms with Crippen LogP contribution in [0.5, 0.6) is 5.75 Å². The van der Waals surface area contributed by atoms with E-state index in [1.807, 2.05) is 6.92 Å². The molecule has 1 aromatic heterocycles. The SMILES string of the molecule is CCOC(=O)CCCn1c(-c2cc(Cl)ccc2OCC)nc2cc(C(F)(F)F)ccc21. The van der Waals surface area contributed by atoms with Gasteiger partial charge in [0, 0.05) is 18.0 Å². The van der Waals surface area contributed by atoms with Gasteiger partial charge in [-0.15, -0.1) is 0 Å².